The standard InChI is InChI=1S/C21H21N3O6/c25-16-4-3-15(17(26)23-16)24-18(27)13-2-1-11(5-14(13)19(24)28)22-12-8-21(9-12)6-10(7-21)20(29)30/h1-2,5,10,12,15,22H,3-4,6-9H2,(H,29,30)(H,23,25,26). The molecule has 1 atom stereocenters. The zero-order chi connectivity index (χ0) is 21.2. The lowest BCUT2D eigenvalue weighted by Crippen LogP contribution is -2.54. The van der Waals surface area contributed by atoms with Gasteiger partial charge >= 0.3 is 5.97 Å². The number of benzene rings is 1. The minimum atomic E-state index is -0.973. The van der Waals surface area contributed by atoms with Crippen LogP contribution in [0.15, 0.2) is 18.2 Å². The first kappa shape index (κ1) is 18.8. The van der Waals surface area contributed by atoms with Gasteiger partial charge in [-0.15, -0.1) is 0 Å². The first-order chi connectivity index (χ1) is 14.3. The molecule has 3 fully saturated rings. The van der Waals surface area contributed by atoms with Gasteiger partial charge in [-0.05, 0) is 55.7 Å². The maximum Gasteiger partial charge on any atom is 0.306 e. The summed E-state index contributed by atoms with van der Waals surface area (Å²) >= 11 is 0. The van der Waals surface area contributed by atoms with Crippen LogP contribution in [0.5, 0.6) is 0 Å². The van der Waals surface area contributed by atoms with Crippen molar-refractivity contribution in [3.63, 3.8) is 0 Å². The lowest BCUT2D eigenvalue weighted by Gasteiger charge is -2.57. The van der Waals surface area contributed by atoms with Crippen LogP contribution >= 0.6 is 0 Å². The average molecular weight is 411 g/mol. The summed E-state index contributed by atoms with van der Waals surface area (Å²) in [7, 11) is 0. The van der Waals surface area contributed by atoms with E-state index in [9.17, 15) is 24.0 Å². The summed E-state index contributed by atoms with van der Waals surface area (Å²) in [5, 5.41) is 14.6. The van der Waals surface area contributed by atoms with Crippen molar-refractivity contribution >= 4 is 35.3 Å². The van der Waals surface area contributed by atoms with Gasteiger partial charge in [-0.25, -0.2) is 0 Å². The molecule has 0 radical (unpaired) electrons. The molecule has 1 spiro atoms. The Bertz CT molecular complexity index is 1000. The van der Waals surface area contributed by atoms with Crippen molar-refractivity contribution in [1.29, 1.82) is 0 Å². The van der Waals surface area contributed by atoms with E-state index in [4.69, 9.17) is 5.11 Å². The van der Waals surface area contributed by atoms with E-state index in [2.05, 4.69) is 10.6 Å². The molecule has 4 aliphatic rings. The third-order valence-corrected chi connectivity index (χ3v) is 6.88. The number of nitrogens with zero attached hydrogens (tertiary/aromatic N) is 1. The van der Waals surface area contributed by atoms with Gasteiger partial charge < -0.3 is 10.4 Å². The molecule has 9 heteroatoms. The highest BCUT2D eigenvalue weighted by Gasteiger charge is 2.55. The highest BCUT2D eigenvalue weighted by Crippen LogP contribution is 2.59. The molecule has 1 aromatic rings. The van der Waals surface area contributed by atoms with Gasteiger partial charge in [0.1, 0.15) is 6.04 Å². The SMILES string of the molecule is O=C1CCC(N2C(=O)c3ccc(NC4CC5(C4)CC(C(=O)O)C5)cc3C2=O)C(=O)N1. The fourth-order valence-corrected chi connectivity index (χ4v) is 5.38. The number of carboxylic acids is 1. The molecule has 2 heterocycles. The second kappa shape index (κ2) is 6.38. The third kappa shape index (κ3) is 2.79. The Morgan fingerprint density at radius 3 is 2.43 bits per heavy atom. The number of imide groups is 2. The van der Waals surface area contributed by atoms with Crippen LogP contribution in [0, 0.1) is 11.3 Å². The first-order valence-electron chi connectivity index (χ1n) is 10.1. The van der Waals surface area contributed by atoms with E-state index >= 15 is 0 Å². The molecule has 9 nitrogen and oxygen atoms in total. The van der Waals surface area contributed by atoms with Crippen LogP contribution < -0.4 is 10.6 Å². The Morgan fingerprint density at radius 1 is 1.07 bits per heavy atom. The predicted octanol–water partition coefficient (Wildman–Crippen LogP) is 1.14. The summed E-state index contributed by atoms with van der Waals surface area (Å²) in [4.78, 5) is 61.0. The summed E-state index contributed by atoms with van der Waals surface area (Å²) in [5.41, 5.74) is 1.35. The number of anilines is 1. The van der Waals surface area contributed by atoms with Crippen LogP contribution in [0.1, 0.15) is 59.2 Å². The van der Waals surface area contributed by atoms with Crippen molar-refractivity contribution in [3.05, 3.63) is 29.3 Å². The van der Waals surface area contributed by atoms with Gasteiger partial charge in [0.05, 0.1) is 17.0 Å². The Balaban J connectivity index is 1.26. The van der Waals surface area contributed by atoms with E-state index in [1.165, 1.54) is 0 Å². The van der Waals surface area contributed by atoms with Gasteiger partial charge in [0.15, 0.2) is 0 Å². The summed E-state index contributed by atoms with van der Waals surface area (Å²) in [6.07, 6.45) is 3.44. The number of carboxylic acid groups (broad SMARTS) is 1. The normalized spacial score (nSPS) is 32.4. The number of carbonyl (C=O) groups is 5. The highest BCUT2D eigenvalue weighted by atomic mass is 16.4. The molecular weight excluding hydrogens is 390 g/mol. The van der Waals surface area contributed by atoms with E-state index in [1.807, 2.05) is 0 Å². The van der Waals surface area contributed by atoms with Crippen LogP contribution in [0.4, 0.5) is 5.69 Å². The van der Waals surface area contributed by atoms with Crippen molar-refractivity contribution in [2.45, 2.75) is 50.6 Å². The van der Waals surface area contributed by atoms with Crippen LogP contribution in [0.2, 0.25) is 0 Å². The van der Waals surface area contributed by atoms with Crippen molar-refractivity contribution < 1.29 is 29.1 Å². The molecule has 2 aliphatic carbocycles. The van der Waals surface area contributed by atoms with Crippen LogP contribution in [0.3, 0.4) is 0 Å². The van der Waals surface area contributed by atoms with E-state index in [-0.39, 0.29) is 41.3 Å². The predicted molar refractivity (Wildman–Crippen MR) is 103 cm³/mol. The minimum Gasteiger partial charge on any atom is -0.481 e. The lowest BCUT2D eigenvalue weighted by atomic mass is 9.50. The van der Waals surface area contributed by atoms with Gasteiger partial charge in [-0.3, -0.25) is 34.2 Å². The number of hydrogen-bond acceptors (Lipinski definition) is 6. The number of carbonyl (C=O) groups excluding carboxylic acids is 4. The average Bonchev–Trinajstić information content (AvgIpc) is 2.86. The number of rotatable bonds is 4. The monoisotopic (exact) mass is 411 g/mol. The van der Waals surface area contributed by atoms with Gasteiger partial charge in [0.25, 0.3) is 11.8 Å². The second-order valence-electron chi connectivity index (χ2n) is 8.90. The van der Waals surface area contributed by atoms with E-state index < -0.39 is 35.6 Å². The number of amides is 4. The first-order valence-corrected chi connectivity index (χ1v) is 10.1. The third-order valence-electron chi connectivity index (χ3n) is 6.88. The molecule has 2 saturated carbocycles. The maximum atomic E-state index is 12.9. The lowest BCUT2D eigenvalue weighted by molar-refractivity contribution is -0.154. The van der Waals surface area contributed by atoms with Crippen molar-refractivity contribution in [2.75, 3.05) is 5.32 Å². The summed E-state index contributed by atoms with van der Waals surface area (Å²) in [5.74, 6) is -3.03. The molecular formula is C21H21N3O6. The van der Waals surface area contributed by atoms with Crippen molar-refractivity contribution in [2.24, 2.45) is 11.3 Å². The van der Waals surface area contributed by atoms with E-state index in [0.717, 1.165) is 30.6 Å². The topological polar surface area (TPSA) is 133 Å². The fraction of sp³-hybridized carbons (Fsp3) is 0.476. The largest absolute Gasteiger partial charge is 0.481 e. The number of nitrogens with one attached hydrogen (secondary N) is 2. The molecule has 0 aromatic heterocycles. The molecule has 0 bridgehead atoms. The van der Waals surface area contributed by atoms with Gasteiger partial charge in [0.2, 0.25) is 11.8 Å². The van der Waals surface area contributed by atoms with Crippen LogP contribution in [0.25, 0.3) is 0 Å². The van der Waals surface area contributed by atoms with Gasteiger partial charge in [0, 0.05) is 18.2 Å². The molecule has 4 amide bonds. The smallest absolute Gasteiger partial charge is 0.306 e. The molecule has 30 heavy (non-hydrogen) atoms. The molecule has 1 saturated heterocycles. The minimum absolute atomic E-state index is 0.0861. The molecule has 3 N–H and O–H groups in total. The summed E-state index contributed by atoms with van der Waals surface area (Å²) in [6.45, 7) is 0. The molecule has 1 aromatic carbocycles. The molecule has 156 valence electrons. The second-order valence-corrected chi connectivity index (χ2v) is 8.90. The van der Waals surface area contributed by atoms with Crippen molar-refractivity contribution in [3.8, 4) is 0 Å². The van der Waals surface area contributed by atoms with Crippen molar-refractivity contribution in [1.82, 2.24) is 10.2 Å². The van der Waals surface area contributed by atoms with Crippen LogP contribution in [-0.2, 0) is 14.4 Å². The highest BCUT2D eigenvalue weighted by molar-refractivity contribution is 6.23. The van der Waals surface area contributed by atoms with Gasteiger partial charge in [-0.1, -0.05) is 0 Å². The fourth-order valence-electron chi connectivity index (χ4n) is 5.38. The van der Waals surface area contributed by atoms with Gasteiger partial charge in [-0.2, -0.15) is 0 Å². The quantitative estimate of drug-likeness (QED) is 0.633. The zero-order valence-corrected chi connectivity index (χ0v) is 16.1. The van der Waals surface area contributed by atoms with E-state index in [1.54, 1.807) is 18.2 Å². The Kier molecular flexibility index (Phi) is 4.00. The maximum absolute atomic E-state index is 12.9. The number of piperidine rings is 1. The van der Waals surface area contributed by atoms with Crippen LogP contribution in [-0.4, -0.2) is 51.7 Å². The number of fused-ring (bicyclic) bond motifs is 1. The molecule has 2 aliphatic heterocycles. The number of hydrogen-bond donors (Lipinski definition) is 3. The van der Waals surface area contributed by atoms with E-state index in [0.29, 0.717) is 5.69 Å². The number of aliphatic carboxylic acids is 1. The molecule has 5 rings (SSSR count). The molecule has 1 unspecified atom stereocenters. The Hall–Kier alpha value is -3.23. The Morgan fingerprint density at radius 2 is 1.77 bits per heavy atom. The summed E-state index contributed by atoms with van der Waals surface area (Å²) in [6, 6.07) is 4.19. The summed E-state index contributed by atoms with van der Waals surface area (Å²) < 4.78 is 0. The zero-order valence-electron chi connectivity index (χ0n) is 16.1. The Labute approximate surface area is 171 Å².